The van der Waals surface area contributed by atoms with Gasteiger partial charge in [-0.05, 0) is 37.3 Å². The first kappa shape index (κ1) is 11.4. The van der Waals surface area contributed by atoms with Crippen LogP contribution in [0.5, 0.6) is 0 Å². The molecule has 0 saturated carbocycles. The Kier molecular flexibility index (Phi) is 4.19. The Morgan fingerprint density at radius 2 is 1.88 bits per heavy atom. The Bertz CT molecular complexity index is 294. The molecule has 0 atom stereocenters. The Morgan fingerprint density at radius 3 is 2.50 bits per heavy atom. The predicted octanol–water partition coefficient (Wildman–Crippen LogP) is 2.18. The van der Waals surface area contributed by atoms with Gasteiger partial charge in [0.25, 0.3) is 0 Å². The highest BCUT2D eigenvalue weighted by Gasteiger charge is 2.18. The molecule has 2 rings (SSSR count). The van der Waals surface area contributed by atoms with Crippen molar-refractivity contribution in [1.29, 1.82) is 0 Å². The van der Waals surface area contributed by atoms with Crippen LogP contribution in [-0.2, 0) is 4.84 Å². The van der Waals surface area contributed by atoms with Crippen LogP contribution in [-0.4, -0.2) is 19.7 Å². The summed E-state index contributed by atoms with van der Waals surface area (Å²) < 4.78 is 0. The van der Waals surface area contributed by atoms with Crippen molar-refractivity contribution in [1.82, 2.24) is 0 Å². The summed E-state index contributed by atoms with van der Waals surface area (Å²) >= 11 is 0. The Labute approximate surface area is 97.1 Å². The minimum absolute atomic E-state index is 0.690. The molecule has 1 aromatic carbocycles. The van der Waals surface area contributed by atoms with E-state index in [1.54, 1.807) is 0 Å². The van der Waals surface area contributed by atoms with E-state index in [0.29, 0.717) is 6.61 Å². The lowest BCUT2D eigenvalue weighted by atomic mass is 9.93. The number of nitrogens with two attached hydrogens (primary N) is 1. The molecule has 0 spiro atoms. The number of rotatable bonds is 4. The average Bonchev–Trinajstić information content (AvgIpc) is 2.38. The molecular weight excluding hydrogens is 200 g/mol. The molecular formula is C13H20N2O. The van der Waals surface area contributed by atoms with Gasteiger partial charge in [0.1, 0.15) is 0 Å². The maximum atomic E-state index is 5.05. The Morgan fingerprint density at radius 1 is 1.19 bits per heavy atom. The van der Waals surface area contributed by atoms with Crippen molar-refractivity contribution in [3.8, 4) is 0 Å². The van der Waals surface area contributed by atoms with Crippen molar-refractivity contribution in [2.45, 2.75) is 19.3 Å². The molecule has 3 nitrogen and oxygen atoms in total. The van der Waals surface area contributed by atoms with Gasteiger partial charge in [-0.2, -0.15) is 0 Å². The van der Waals surface area contributed by atoms with Gasteiger partial charge in [-0.1, -0.05) is 18.2 Å². The van der Waals surface area contributed by atoms with Crippen LogP contribution in [0.15, 0.2) is 30.3 Å². The molecule has 0 aliphatic carbocycles. The Hall–Kier alpha value is -1.06. The number of anilines is 1. The molecule has 0 radical (unpaired) electrons. The number of benzene rings is 1. The smallest absolute Gasteiger partial charge is 0.0681 e. The molecule has 0 amide bonds. The van der Waals surface area contributed by atoms with Crippen molar-refractivity contribution in [3.63, 3.8) is 0 Å². The number of nitrogens with zero attached hydrogens (tertiary/aromatic N) is 1. The third kappa shape index (κ3) is 2.97. The molecule has 1 saturated heterocycles. The Balaban J connectivity index is 1.81. The monoisotopic (exact) mass is 220 g/mol. The van der Waals surface area contributed by atoms with E-state index in [1.165, 1.54) is 18.5 Å². The number of hydrogen-bond donors (Lipinski definition) is 1. The third-order valence-corrected chi connectivity index (χ3v) is 3.38. The minimum atomic E-state index is 0.690. The quantitative estimate of drug-likeness (QED) is 0.790. The molecule has 3 heteroatoms. The molecule has 1 aliphatic rings. The summed E-state index contributed by atoms with van der Waals surface area (Å²) in [7, 11) is 0. The fraction of sp³-hybridized carbons (Fsp3) is 0.538. The third-order valence-electron chi connectivity index (χ3n) is 3.38. The first-order valence-electron chi connectivity index (χ1n) is 6.02. The molecule has 16 heavy (non-hydrogen) atoms. The first-order valence-corrected chi connectivity index (χ1v) is 6.02. The maximum absolute atomic E-state index is 5.05. The zero-order valence-corrected chi connectivity index (χ0v) is 9.64. The zero-order valence-electron chi connectivity index (χ0n) is 9.64. The number of para-hydroxylation sites is 1. The van der Waals surface area contributed by atoms with Crippen LogP contribution in [0.4, 0.5) is 5.69 Å². The van der Waals surface area contributed by atoms with Gasteiger partial charge in [0.2, 0.25) is 0 Å². The predicted molar refractivity (Wildman–Crippen MR) is 66.1 cm³/mol. The van der Waals surface area contributed by atoms with E-state index in [9.17, 15) is 0 Å². The zero-order chi connectivity index (χ0) is 11.2. The van der Waals surface area contributed by atoms with Crippen LogP contribution < -0.4 is 10.8 Å². The van der Waals surface area contributed by atoms with Gasteiger partial charge in [0.05, 0.1) is 6.61 Å². The lowest BCUT2D eigenvalue weighted by Crippen LogP contribution is -2.34. The van der Waals surface area contributed by atoms with E-state index in [2.05, 4.69) is 40.1 Å². The van der Waals surface area contributed by atoms with Crippen molar-refractivity contribution < 1.29 is 4.84 Å². The van der Waals surface area contributed by atoms with Gasteiger partial charge in [-0.15, -0.1) is 0 Å². The number of hydrogen-bond acceptors (Lipinski definition) is 3. The molecule has 1 aliphatic heterocycles. The molecule has 2 N–H and O–H groups in total. The molecule has 0 unspecified atom stereocenters. The highest BCUT2D eigenvalue weighted by atomic mass is 16.6. The second-order valence-electron chi connectivity index (χ2n) is 4.43. The SMILES string of the molecule is NOCCC1CCN(c2ccccc2)CC1. The van der Waals surface area contributed by atoms with Crippen LogP contribution in [0, 0.1) is 5.92 Å². The fourth-order valence-electron chi connectivity index (χ4n) is 2.35. The summed E-state index contributed by atoms with van der Waals surface area (Å²) in [5, 5.41) is 0. The van der Waals surface area contributed by atoms with Crippen molar-refractivity contribution in [3.05, 3.63) is 30.3 Å². The van der Waals surface area contributed by atoms with Crippen molar-refractivity contribution in [2.75, 3.05) is 24.6 Å². The van der Waals surface area contributed by atoms with E-state index in [-0.39, 0.29) is 0 Å². The molecule has 1 aromatic rings. The topological polar surface area (TPSA) is 38.5 Å². The van der Waals surface area contributed by atoms with Crippen molar-refractivity contribution in [2.24, 2.45) is 11.8 Å². The maximum Gasteiger partial charge on any atom is 0.0681 e. The van der Waals surface area contributed by atoms with Gasteiger partial charge >= 0.3 is 0 Å². The summed E-state index contributed by atoms with van der Waals surface area (Å²) in [5.74, 6) is 5.83. The summed E-state index contributed by atoms with van der Waals surface area (Å²) in [6.45, 7) is 2.99. The summed E-state index contributed by atoms with van der Waals surface area (Å²) in [5.41, 5.74) is 1.34. The lowest BCUT2D eigenvalue weighted by molar-refractivity contribution is 0.118. The molecule has 1 heterocycles. The van der Waals surface area contributed by atoms with Gasteiger partial charge in [-0.25, -0.2) is 5.90 Å². The molecule has 0 bridgehead atoms. The summed E-state index contributed by atoms with van der Waals surface area (Å²) in [4.78, 5) is 7.10. The standard InChI is InChI=1S/C13H20N2O/c14-16-11-8-12-6-9-15(10-7-12)13-4-2-1-3-5-13/h1-5,12H,6-11,14H2. The van der Waals surface area contributed by atoms with Crippen molar-refractivity contribution >= 4 is 5.69 Å². The van der Waals surface area contributed by atoms with Crippen LogP contribution >= 0.6 is 0 Å². The lowest BCUT2D eigenvalue weighted by Gasteiger charge is -2.33. The summed E-state index contributed by atoms with van der Waals surface area (Å²) in [6.07, 6.45) is 3.59. The first-order chi connectivity index (χ1) is 7.90. The summed E-state index contributed by atoms with van der Waals surface area (Å²) in [6, 6.07) is 10.6. The normalized spacial score (nSPS) is 17.7. The van der Waals surface area contributed by atoms with Gasteiger partial charge in [0.15, 0.2) is 0 Å². The second-order valence-corrected chi connectivity index (χ2v) is 4.43. The van der Waals surface area contributed by atoms with Crippen LogP contribution in [0.3, 0.4) is 0 Å². The van der Waals surface area contributed by atoms with Crippen LogP contribution in [0.2, 0.25) is 0 Å². The van der Waals surface area contributed by atoms with Crippen LogP contribution in [0.1, 0.15) is 19.3 Å². The average molecular weight is 220 g/mol. The van der Waals surface area contributed by atoms with Gasteiger partial charge in [-0.3, -0.25) is 0 Å². The highest BCUT2D eigenvalue weighted by Crippen LogP contribution is 2.24. The largest absolute Gasteiger partial charge is 0.372 e. The molecule has 0 aromatic heterocycles. The van der Waals surface area contributed by atoms with E-state index < -0.39 is 0 Å². The van der Waals surface area contributed by atoms with Crippen LogP contribution in [0.25, 0.3) is 0 Å². The number of piperidine rings is 1. The highest BCUT2D eigenvalue weighted by molar-refractivity contribution is 5.46. The van der Waals surface area contributed by atoms with E-state index in [4.69, 9.17) is 5.90 Å². The molecule has 88 valence electrons. The van der Waals surface area contributed by atoms with E-state index in [0.717, 1.165) is 25.4 Å². The van der Waals surface area contributed by atoms with E-state index in [1.807, 2.05) is 0 Å². The van der Waals surface area contributed by atoms with E-state index >= 15 is 0 Å². The van der Waals surface area contributed by atoms with Gasteiger partial charge in [0, 0.05) is 18.8 Å². The minimum Gasteiger partial charge on any atom is -0.372 e. The molecule has 1 fully saturated rings. The van der Waals surface area contributed by atoms with Gasteiger partial charge < -0.3 is 9.74 Å². The fourth-order valence-corrected chi connectivity index (χ4v) is 2.35. The second kappa shape index (κ2) is 5.87.